The Balaban J connectivity index is 1.64. The van der Waals surface area contributed by atoms with Gasteiger partial charge in [0.1, 0.15) is 0 Å². The molecular formula is C18H18N2O2S. The van der Waals surface area contributed by atoms with Crippen molar-refractivity contribution in [1.82, 2.24) is 10.3 Å². The minimum absolute atomic E-state index is 0.0859. The van der Waals surface area contributed by atoms with Gasteiger partial charge in [0.05, 0.1) is 17.6 Å². The van der Waals surface area contributed by atoms with Crippen LogP contribution in [0.15, 0.2) is 47.0 Å². The molecule has 0 fully saturated rings. The highest BCUT2D eigenvalue weighted by molar-refractivity contribution is 7.14. The fourth-order valence-electron chi connectivity index (χ4n) is 2.35. The lowest BCUT2D eigenvalue weighted by molar-refractivity contribution is 0.0951. The molecule has 0 saturated heterocycles. The Labute approximate surface area is 139 Å². The molecule has 118 valence electrons. The average molecular weight is 326 g/mol. The van der Waals surface area contributed by atoms with E-state index in [0.717, 1.165) is 16.9 Å². The van der Waals surface area contributed by atoms with Crippen molar-refractivity contribution in [3.05, 3.63) is 63.8 Å². The van der Waals surface area contributed by atoms with Gasteiger partial charge in [-0.1, -0.05) is 37.3 Å². The molecule has 3 rings (SSSR count). The third-order valence-corrected chi connectivity index (χ3v) is 4.96. The number of nitrogens with one attached hydrogen (secondary N) is 1. The van der Waals surface area contributed by atoms with Crippen molar-refractivity contribution in [1.29, 1.82) is 0 Å². The van der Waals surface area contributed by atoms with Gasteiger partial charge in [0, 0.05) is 10.4 Å². The smallest absolute Gasteiger partial charge is 0.261 e. The predicted molar refractivity (Wildman–Crippen MR) is 91.5 cm³/mol. The van der Waals surface area contributed by atoms with E-state index in [4.69, 9.17) is 4.42 Å². The van der Waals surface area contributed by atoms with Crippen molar-refractivity contribution in [2.24, 2.45) is 0 Å². The predicted octanol–water partition coefficient (Wildman–Crippen LogP) is 4.20. The molecule has 0 radical (unpaired) electrons. The summed E-state index contributed by atoms with van der Waals surface area (Å²) in [6.07, 6.45) is 2.63. The first-order chi connectivity index (χ1) is 11.2. The van der Waals surface area contributed by atoms with Crippen LogP contribution in [0.4, 0.5) is 0 Å². The van der Waals surface area contributed by atoms with Gasteiger partial charge >= 0.3 is 0 Å². The fraction of sp³-hybridized carbons (Fsp3) is 0.222. The highest BCUT2D eigenvalue weighted by Gasteiger charge is 2.13. The van der Waals surface area contributed by atoms with Crippen LogP contribution < -0.4 is 5.32 Å². The molecule has 0 unspecified atom stereocenters. The maximum Gasteiger partial charge on any atom is 0.261 e. The van der Waals surface area contributed by atoms with Crippen LogP contribution in [0, 0.1) is 6.92 Å². The van der Waals surface area contributed by atoms with Gasteiger partial charge in [-0.2, -0.15) is 0 Å². The Morgan fingerprint density at radius 2 is 2.09 bits per heavy atom. The summed E-state index contributed by atoms with van der Waals surface area (Å²) in [7, 11) is 0. The van der Waals surface area contributed by atoms with E-state index in [2.05, 4.69) is 17.2 Å². The lowest BCUT2D eigenvalue weighted by Crippen LogP contribution is -2.21. The third kappa shape index (κ3) is 3.51. The van der Waals surface area contributed by atoms with Gasteiger partial charge in [-0.3, -0.25) is 4.79 Å². The number of hydrogen-bond donors (Lipinski definition) is 1. The molecule has 2 aromatic heterocycles. The van der Waals surface area contributed by atoms with Gasteiger partial charge in [0.2, 0.25) is 5.89 Å². The molecule has 23 heavy (non-hydrogen) atoms. The SMILES string of the molecule is CCc1sc(C(=O)NCc2ncc(-c3ccccc3)o2)cc1C. The first kappa shape index (κ1) is 15.5. The largest absolute Gasteiger partial charge is 0.439 e. The van der Waals surface area contributed by atoms with Crippen LogP contribution in [0.25, 0.3) is 11.3 Å². The van der Waals surface area contributed by atoms with Gasteiger partial charge in [-0.15, -0.1) is 11.3 Å². The van der Waals surface area contributed by atoms with Crippen LogP contribution in [0.5, 0.6) is 0 Å². The fourth-order valence-corrected chi connectivity index (χ4v) is 3.38. The maximum absolute atomic E-state index is 12.2. The Hall–Kier alpha value is -2.40. The van der Waals surface area contributed by atoms with Crippen molar-refractivity contribution in [2.45, 2.75) is 26.8 Å². The molecule has 1 amide bonds. The zero-order valence-electron chi connectivity index (χ0n) is 13.1. The van der Waals surface area contributed by atoms with Crippen molar-refractivity contribution >= 4 is 17.2 Å². The average Bonchev–Trinajstić information content (AvgIpc) is 3.20. The summed E-state index contributed by atoms with van der Waals surface area (Å²) < 4.78 is 5.68. The van der Waals surface area contributed by atoms with E-state index in [0.29, 0.717) is 11.7 Å². The summed E-state index contributed by atoms with van der Waals surface area (Å²) in [5.41, 5.74) is 2.14. The van der Waals surface area contributed by atoms with E-state index >= 15 is 0 Å². The molecule has 0 aliphatic heterocycles. The number of oxazole rings is 1. The molecular weight excluding hydrogens is 308 g/mol. The first-order valence-electron chi connectivity index (χ1n) is 7.55. The minimum atomic E-state index is -0.0859. The Bertz CT molecular complexity index is 806. The Morgan fingerprint density at radius 1 is 1.30 bits per heavy atom. The molecule has 3 aromatic rings. The molecule has 0 atom stereocenters. The summed E-state index contributed by atoms with van der Waals surface area (Å²) in [5.74, 6) is 1.12. The molecule has 5 heteroatoms. The molecule has 0 saturated carbocycles. The maximum atomic E-state index is 12.2. The van der Waals surface area contributed by atoms with Crippen LogP contribution >= 0.6 is 11.3 Å². The molecule has 0 aliphatic rings. The van der Waals surface area contributed by atoms with Gasteiger partial charge < -0.3 is 9.73 Å². The van der Waals surface area contributed by atoms with Crippen LogP contribution in [0.2, 0.25) is 0 Å². The highest BCUT2D eigenvalue weighted by atomic mass is 32.1. The number of carbonyl (C=O) groups excluding carboxylic acids is 1. The standard InChI is InChI=1S/C18H18N2O2S/c1-3-15-12(2)9-16(23-15)18(21)20-11-17-19-10-14(22-17)13-7-5-4-6-8-13/h4-10H,3,11H2,1-2H3,(H,20,21). The molecule has 0 bridgehead atoms. The number of aromatic nitrogens is 1. The van der Waals surface area contributed by atoms with E-state index in [-0.39, 0.29) is 12.5 Å². The number of aryl methyl sites for hydroxylation is 2. The Kier molecular flexibility index (Phi) is 4.57. The third-order valence-electron chi connectivity index (χ3n) is 3.58. The van der Waals surface area contributed by atoms with E-state index < -0.39 is 0 Å². The number of benzene rings is 1. The molecule has 1 N–H and O–H groups in total. The van der Waals surface area contributed by atoms with E-state index in [1.54, 1.807) is 17.5 Å². The second-order valence-corrected chi connectivity index (χ2v) is 6.37. The second kappa shape index (κ2) is 6.79. The first-order valence-corrected chi connectivity index (χ1v) is 8.36. The zero-order chi connectivity index (χ0) is 16.2. The summed E-state index contributed by atoms with van der Waals surface area (Å²) in [6.45, 7) is 4.41. The van der Waals surface area contributed by atoms with Gasteiger partial charge in [-0.25, -0.2) is 4.98 Å². The number of rotatable bonds is 5. The second-order valence-electron chi connectivity index (χ2n) is 5.24. The number of carbonyl (C=O) groups is 1. The molecule has 1 aromatic carbocycles. The summed E-state index contributed by atoms with van der Waals surface area (Å²) in [6, 6.07) is 11.7. The topological polar surface area (TPSA) is 55.1 Å². The molecule has 4 nitrogen and oxygen atoms in total. The van der Waals surface area contributed by atoms with Crippen LogP contribution in [0.1, 0.15) is 32.9 Å². The van der Waals surface area contributed by atoms with Crippen molar-refractivity contribution in [2.75, 3.05) is 0 Å². The Morgan fingerprint density at radius 3 is 2.78 bits per heavy atom. The lowest BCUT2D eigenvalue weighted by atomic mass is 10.2. The zero-order valence-corrected chi connectivity index (χ0v) is 13.9. The molecule has 0 aliphatic carbocycles. The van der Waals surface area contributed by atoms with E-state index in [1.165, 1.54) is 10.4 Å². The summed E-state index contributed by atoms with van der Waals surface area (Å²) >= 11 is 1.54. The number of nitrogens with zero attached hydrogens (tertiary/aromatic N) is 1. The molecule has 0 spiro atoms. The highest BCUT2D eigenvalue weighted by Crippen LogP contribution is 2.23. The number of hydrogen-bond acceptors (Lipinski definition) is 4. The van der Waals surface area contributed by atoms with Crippen molar-refractivity contribution in [3.8, 4) is 11.3 Å². The van der Waals surface area contributed by atoms with Gasteiger partial charge in [0.15, 0.2) is 5.76 Å². The van der Waals surface area contributed by atoms with Crippen LogP contribution in [-0.2, 0) is 13.0 Å². The van der Waals surface area contributed by atoms with Crippen molar-refractivity contribution in [3.63, 3.8) is 0 Å². The van der Waals surface area contributed by atoms with Crippen molar-refractivity contribution < 1.29 is 9.21 Å². The lowest BCUT2D eigenvalue weighted by Gasteiger charge is -2.00. The summed E-state index contributed by atoms with van der Waals surface area (Å²) in [5, 5.41) is 2.86. The summed E-state index contributed by atoms with van der Waals surface area (Å²) in [4.78, 5) is 18.4. The monoisotopic (exact) mass is 326 g/mol. The van der Waals surface area contributed by atoms with Crippen LogP contribution in [-0.4, -0.2) is 10.9 Å². The van der Waals surface area contributed by atoms with Gasteiger partial charge in [0.25, 0.3) is 5.91 Å². The van der Waals surface area contributed by atoms with E-state index in [1.807, 2.05) is 43.3 Å². The number of amides is 1. The minimum Gasteiger partial charge on any atom is -0.439 e. The molecule has 2 heterocycles. The normalized spacial score (nSPS) is 10.7. The quantitative estimate of drug-likeness (QED) is 0.764. The van der Waals surface area contributed by atoms with Crippen LogP contribution in [0.3, 0.4) is 0 Å². The number of thiophene rings is 1. The van der Waals surface area contributed by atoms with Gasteiger partial charge in [-0.05, 0) is 25.0 Å². The van der Waals surface area contributed by atoms with E-state index in [9.17, 15) is 4.79 Å².